The molecule has 5 heteroatoms. The van der Waals surface area contributed by atoms with Gasteiger partial charge in [0.1, 0.15) is 0 Å². The van der Waals surface area contributed by atoms with Gasteiger partial charge in [0.05, 0.1) is 11.1 Å². The standard InChI is InChI=1S/C14H13N3O2/c18-12(19)9-3-1-2-8-7-15-13(17-11(8)9)16-10-6-14(10)4-5-14/h1-3,7,10H,4-6H2,(H,18,19)(H,15,16,17). The minimum Gasteiger partial charge on any atom is -0.478 e. The van der Waals surface area contributed by atoms with E-state index in [1.54, 1.807) is 18.3 Å². The molecule has 0 aliphatic heterocycles. The van der Waals surface area contributed by atoms with Gasteiger partial charge in [-0.25, -0.2) is 14.8 Å². The number of nitrogens with zero attached hydrogens (tertiary/aromatic N) is 2. The third-order valence-electron chi connectivity index (χ3n) is 4.23. The van der Waals surface area contributed by atoms with Crippen molar-refractivity contribution in [1.29, 1.82) is 0 Å². The first kappa shape index (κ1) is 10.7. The highest BCUT2D eigenvalue weighted by molar-refractivity contribution is 6.01. The molecule has 0 amide bonds. The van der Waals surface area contributed by atoms with Crippen LogP contribution >= 0.6 is 0 Å². The molecular formula is C14H13N3O2. The van der Waals surface area contributed by atoms with Crippen LogP contribution in [0.3, 0.4) is 0 Å². The highest BCUT2D eigenvalue weighted by Gasteiger charge is 2.63. The first-order valence-corrected chi connectivity index (χ1v) is 6.44. The van der Waals surface area contributed by atoms with E-state index in [-0.39, 0.29) is 5.56 Å². The van der Waals surface area contributed by atoms with Crippen LogP contribution in [0.4, 0.5) is 5.95 Å². The summed E-state index contributed by atoms with van der Waals surface area (Å²) in [4.78, 5) is 19.8. The van der Waals surface area contributed by atoms with E-state index in [2.05, 4.69) is 15.3 Å². The molecule has 1 spiro atoms. The molecule has 0 radical (unpaired) electrons. The number of fused-ring (bicyclic) bond motifs is 1. The van der Waals surface area contributed by atoms with Gasteiger partial charge >= 0.3 is 5.97 Å². The summed E-state index contributed by atoms with van der Waals surface area (Å²) in [7, 11) is 0. The lowest BCUT2D eigenvalue weighted by Gasteiger charge is -2.06. The Hall–Kier alpha value is -2.17. The van der Waals surface area contributed by atoms with Crippen LogP contribution in [0.25, 0.3) is 10.9 Å². The summed E-state index contributed by atoms with van der Waals surface area (Å²) in [6.45, 7) is 0. The normalized spacial score (nSPS) is 22.4. The van der Waals surface area contributed by atoms with Crippen molar-refractivity contribution in [3.05, 3.63) is 30.0 Å². The van der Waals surface area contributed by atoms with Gasteiger partial charge in [0, 0.05) is 17.6 Å². The summed E-state index contributed by atoms with van der Waals surface area (Å²) >= 11 is 0. The number of anilines is 1. The van der Waals surface area contributed by atoms with Gasteiger partial charge in [-0.1, -0.05) is 12.1 Å². The third kappa shape index (κ3) is 1.65. The van der Waals surface area contributed by atoms with E-state index in [1.807, 2.05) is 6.07 Å². The van der Waals surface area contributed by atoms with Crippen molar-refractivity contribution >= 4 is 22.8 Å². The topological polar surface area (TPSA) is 75.1 Å². The Morgan fingerprint density at radius 1 is 1.42 bits per heavy atom. The summed E-state index contributed by atoms with van der Waals surface area (Å²) in [5.74, 6) is -0.421. The van der Waals surface area contributed by atoms with E-state index < -0.39 is 5.97 Å². The fourth-order valence-corrected chi connectivity index (χ4v) is 2.72. The number of aromatic nitrogens is 2. The average molecular weight is 255 g/mol. The molecular weight excluding hydrogens is 242 g/mol. The Kier molecular flexibility index (Phi) is 1.94. The largest absolute Gasteiger partial charge is 0.478 e. The van der Waals surface area contributed by atoms with Crippen LogP contribution in [-0.2, 0) is 0 Å². The zero-order chi connectivity index (χ0) is 13.0. The van der Waals surface area contributed by atoms with Crippen LogP contribution in [0.2, 0.25) is 0 Å². The summed E-state index contributed by atoms with van der Waals surface area (Å²) in [6, 6.07) is 5.58. The number of benzene rings is 1. The predicted molar refractivity (Wildman–Crippen MR) is 70.2 cm³/mol. The van der Waals surface area contributed by atoms with Crippen molar-refractivity contribution in [2.75, 3.05) is 5.32 Å². The van der Waals surface area contributed by atoms with Gasteiger partial charge < -0.3 is 10.4 Å². The van der Waals surface area contributed by atoms with E-state index in [4.69, 9.17) is 0 Å². The lowest BCUT2D eigenvalue weighted by atomic mass is 10.1. The molecule has 1 heterocycles. The zero-order valence-corrected chi connectivity index (χ0v) is 10.3. The van der Waals surface area contributed by atoms with Crippen LogP contribution in [0.5, 0.6) is 0 Å². The van der Waals surface area contributed by atoms with Crippen molar-refractivity contribution in [2.24, 2.45) is 5.41 Å². The molecule has 2 saturated carbocycles. The van der Waals surface area contributed by atoms with Crippen molar-refractivity contribution in [3.63, 3.8) is 0 Å². The molecule has 5 nitrogen and oxygen atoms in total. The molecule has 1 aromatic carbocycles. The maximum absolute atomic E-state index is 11.2. The monoisotopic (exact) mass is 255 g/mol. The van der Waals surface area contributed by atoms with Gasteiger partial charge in [-0.05, 0) is 30.7 Å². The van der Waals surface area contributed by atoms with Crippen LogP contribution in [-0.4, -0.2) is 27.1 Å². The van der Waals surface area contributed by atoms with E-state index in [0.717, 1.165) is 5.39 Å². The predicted octanol–water partition coefficient (Wildman–Crippen LogP) is 2.29. The van der Waals surface area contributed by atoms with Gasteiger partial charge in [-0.15, -0.1) is 0 Å². The van der Waals surface area contributed by atoms with E-state index in [1.165, 1.54) is 19.3 Å². The molecule has 1 aromatic heterocycles. The van der Waals surface area contributed by atoms with Gasteiger partial charge in [-0.2, -0.15) is 0 Å². The Balaban J connectivity index is 1.72. The highest BCUT2D eigenvalue weighted by Crippen LogP contribution is 2.66. The first-order valence-electron chi connectivity index (χ1n) is 6.44. The maximum Gasteiger partial charge on any atom is 0.337 e. The van der Waals surface area contributed by atoms with Crippen LogP contribution in [0.1, 0.15) is 29.6 Å². The second-order valence-electron chi connectivity index (χ2n) is 5.51. The van der Waals surface area contributed by atoms with Crippen LogP contribution < -0.4 is 5.32 Å². The molecule has 2 aromatic rings. The molecule has 19 heavy (non-hydrogen) atoms. The number of carbonyl (C=O) groups is 1. The molecule has 1 unspecified atom stereocenters. The minimum atomic E-state index is -0.958. The lowest BCUT2D eigenvalue weighted by Crippen LogP contribution is -2.09. The van der Waals surface area contributed by atoms with Gasteiger partial charge in [0.2, 0.25) is 5.95 Å². The fraction of sp³-hybridized carbons (Fsp3) is 0.357. The number of aromatic carboxylic acids is 1. The van der Waals surface area contributed by atoms with Crippen molar-refractivity contribution in [1.82, 2.24) is 9.97 Å². The summed E-state index contributed by atoms with van der Waals surface area (Å²) in [6.07, 6.45) is 5.45. The van der Waals surface area contributed by atoms with E-state index >= 15 is 0 Å². The van der Waals surface area contributed by atoms with Crippen molar-refractivity contribution < 1.29 is 9.90 Å². The number of rotatable bonds is 3. The van der Waals surface area contributed by atoms with Gasteiger partial charge in [0.15, 0.2) is 0 Å². The third-order valence-corrected chi connectivity index (χ3v) is 4.23. The molecule has 4 rings (SSSR count). The Labute approximate surface area is 109 Å². The Morgan fingerprint density at radius 2 is 2.26 bits per heavy atom. The number of para-hydroxylation sites is 1. The summed E-state index contributed by atoms with van der Waals surface area (Å²) in [5, 5.41) is 13.2. The molecule has 0 saturated heterocycles. The number of hydrogen-bond donors (Lipinski definition) is 2. The number of hydrogen-bond acceptors (Lipinski definition) is 4. The van der Waals surface area contributed by atoms with Crippen molar-refractivity contribution in [3.8, 4) is 0 Å². The number of nitrogens with one attached hydrogen (secondary N) is 1. The van der Waals surface area contributed by atoms with E-state index in [0.29, 0.717) is 22.9 Å². The summed E-state index contributed by atoms with van der Waals surface area (Å²) in [5.41, 5.74) is 1.24. The molecule has 0 bridgehead atoms. The minimum absolute atomic E-state index is 0.222. The Bertz CT molecular complexity index is 694. The average Bonchev–Trinajstić information content (AvgIpc) is 3.30. The Morgan fingerprint density at radius 3 is 2.95 bits per heavy atom. The fourth-order valence-electron chi connectivity index (χ4n) is 2.72. The van der Waals surface area contributed by atoms with Gasteiger partial charge in [-0.3, -0.25) is 0 Å². The summed E-state index contributed by atoms with van der Waals surface area (Å²) < 4.78 is 0. The second-order valence-corrected chi connectivity index (χ2v) is 5.51. The number of carboxylic acid groups (broad SMARTS) is 1. The molecule has 2 N–H and O–H groups in total. The first-order chi connectivity index (χ1) is 9.18. The van der Waals surface area contributed by atoms with E-state index in [9.17, 15) is 9.90 Å². The van der Waals surface area contributed by atoms with Gasteiger partial charge in [0.25, 0.3) is 0 Å². The molecule has 2 aliphatic rings. The molecule has 96 valence electrons. The maximum atomic E-state index is 11.2. The SMILES string of the molecule is O=C(O)c1cccc2cnc(NC3CC34CC4)nc12. The molecule has 1 atom stereocenters. The highest BCUT2D eigenvalue weighted by atomic mass is 16.4. The van der Waals surface area contributed by atoms with Crippen LogP contribution in [0, 0.1) is 5.41 Å². The lowest BCUT2D eigenvalue weighted by molar-refractivity contribution is 0.0699. The smallest absolute Gasteiger partial charge is 0.337 e. The second kappa shape index (κ2) is 3.44. The van der Waals surface area contributed by atoms with Crippen LogP contribution in [0.15, 0.2) is 24.4 Å². The van der Waals surface area contributed by atoms with Crippen molar-refractivity contribution in [2.45, 2.75) is 25.3 Å². The quantitative estimate of drug-likeness (QED) is 0.880. The molecule has 2 aliphatic carbocycles. The molecule has 2 fully saturated rings. The number of carboxylic acids is 1. The zero-order valence-electron chi connectivity index (χ0n) is 10.3.